The molecular formula is C14H18N2O. The van der Waals surface area contributed by atoms with Crippen molar-refractivity contribution >= 4 is 0 Å². The molecule has 0 saturated heterocycles. The topological polar surface area (TPSA) is 38.0 Å². The van der Waals surface area contributed by atoms with Crippen LogP contribution in [0.4, 0.5) is 0 Å². The molecule has 17 heavy (non-hydrogen) atoms. The maximum absolute atomic E-state index is 10.2. The standard InChI is InChI=1S/C14H18N2O/c1-3-11-6-4-5-7-13(11)14(17)10-12-8-9-16(2)15-12/h4-9,14,17H,3,10H2,1-2H3. The maximum Gasteiger partial charge on any atom is 0.0848 e. The Hall–Kier alpha value is -1.61. The highest BCUT2D eigenvalue weighted by atomic mass is 16.3. The van der Waals surface area contributed by atoms with Crippen LogP contribution in [-0.4, -0.2) is 14.9 Å². The zero-order valence-corrected chi connectivity index (χ0v) is 10.3. The summed E-state index contributed by atoms with van der Waals surface area (Å²) in [5.41, 5.74) is 3.14. The summed E-state index contributed by atoms with van der Waals surface area (Å²) in [5, 5.41) is 14.5. The van der Waals surface area contributed by atoms with Gasteiger partial charge in [0.15, 0.2) is 0 Å². The van der Waals surface area contributed by atoms with Crippen LogP contribution in [0.2, 0.25) is 0 Å². The molecule has 0 amide bonds. The molecule has 0 aliphatic rings. The highest BCUT2D eigenvalue weighted by Gasteiger charge is 2.13. The van der Waals surface area contributed by atoms with Gasteiger partial charge >= 0.3 is 0 Å². The quantitative estimate of drug-likeness (QED) is 0.875. The Morgan fingerprint density at radius 3 is 2.71 bits per heavy atom. The van der Waals surface area contributed by atoms with E-state index in [-0.39, 0.29) is 0 Å². The predicted molar refractivity (Wildman–Crippen MR) is 67.7 cm³/mol. The van der Waals surface area contributed by atoms with Crippen LogP contribution < -0.4 is 0 Å². The number of benzene rings is 1. The molecular weight excluding hydrogens is 212 g/mol. The normalized spacial score (nSPS) is 12.6. The minimum atomic E-state index is -0.471. The van der Waals surface area contributed by atoms with Crippen LogP contribution in [-0.2, 0) is 19.9 Å². The van der Waals surface area contributed by atoms with Crippen molar-refractivity contribution < 1.29 is 5.11 Å². The van der Waals surface area contributed by atoms with Gasteiger partial charge in [-0.15, -0.1) is 0 Å². The van der Waals surface area contributed by atoms with Crippen molar-refractivity contribution in [1.82, 2.24) is 9.78 Å². The van der Waals surface area contributed by atoms with E-state index in [2.05, 4.69) is 18.1 Å². The third-order valence-electron chi connectivity index (χ3n) is 2.97. The lowest BCUT2D eigenvalue weighted by Crippen LogP contribution is -2.05. The molecule has 2 aromatic rings. The SMILES string of the molecule is CCc1ccccc1C(O)Cc1ccn(C)n1. The molecule has 1 atom stereocenters. The van der Waals surface area contributed by atoms with Crippen molar-refractivity contribution in [2.45, 2.75) is 25.9 Å². The van der Waals surface area contributed by atoms with Crippen LogP contribution in [0.5, 0.6) is 0 Å². The Labute approximate surface area is 102 Å². The summed E-state index contributed by atoms with van der Waals surface area (Å²) in [4.78, 5) is 0. The highest BCUT2D eigenvalue weighted by molar-refractivity contribution is 5.29. The molecule has 0 saturated carbocycles. The third-order valence-corrected chi connectivity index (χ3v) is 2.97. The van der Waals surface area contributed by atoms with E-state index in [1.807, 2.05) is 37.5 Å². The highest BCUT2D eigenvalue weighted by Crippen LogP contribution is 2.21. The van der Waals surface area contributed by atoms with Crippen molar-refractivity contribution in [3.05, 3.63) is 53.3 Å². The summed E-state index contributed by atoms with van der Waals surface area (Å²) < 4.78 is 1.76. The van der Waals surface area contributed by atoms with Gasteiger partial charge < -0.3 is 5.11 Å². The largest absolute Gasteiger partial charge is 0.388 e. The number of rotatable bonds is 4. The molecule has 1 heterocycles. The molecule has 1 unspecified atom stereocenters. The van der Waals surface area contributed by atoms with Crippen molar-refractivity contribution in [3.8, 4) is 0 Å². The fraction of sp³-hybridized carbons (Fsp3) is 0.357. The first-order valence-corrected chi connectivity index (χ1v) is 5.95. The van der Waals surface area contributed by atoms with Crippen LogP contribution in [0.3, 0.4) is 0 Å². The maximum atomic E-state index is 10.2. The zero-order chi connectivity index (χ0) is 12.3. The first kappa shape index (κ1) is 11.9. The summed E-state index contributed by atoms with van der Waals surface area (Å²) in [6.45, 7) is 2.10. The molecule has 0 bridgehead atoms. The summed E-state index contributed by atoms with van der Waals surface area (Å²) in [7, 11) is 1.88. The Morgan fingerprint density at radius 1 is 1.29 bits per heavy atom. The molecule has 2 rings (SSSR count). The number of hydrogen-bond acceptors (Lipinski definition) is 2. The second kappa shape index (κ2) is 5.15. The number of aryl methyl sites for hydroxylation is 2. The van der Waals surface area contributed by atoms with Gasteiger partial charge in [-0.25, -0.2) is 0 Å². The minimum absolute atomic E-state index is 0.471. The zero-order valence-electron chi connectivity index (χ0n) is 10.3. The molecule has 3 nitrogen and oxygen atoms in total. The molecule has 0 radical (unpaired) electrons. The Bertz CT molecular complexity index is 490. The van der Waals surface area contributed by atoms with Gasteiger partial charge in [-0.2, -0.15) is 5.10 Å². The fourth-order valence-corrected chi connectivity index (χ4v) is 2.06. The molecule has 0 aliphatic heterocycles. The Kier molecular flexibility index (Phi) is 3.59. The van der Waals surface area contributed by atoms with Gasteiger partial charge in [-0.1, -0.05) is 31.2 Å². The second-order valence-corrected chi connectivity index (χ2v) is 4.25. The number of hydrogen-bond donors (Lipinski definition) is 1. The van der Waals surface area contributed by atoms with E-state index >= 15 is 0 Å². The van der Waals surface area contributed by atoms with E-state index in [9.17, 15) is 5.11 Å². The summed E-state index contributed by atoms with van der Waals surface area (Å²) in [6.07, 6.45) is 2.93. The van der Waals surface area contributed by atoms with Gasteiger partial charge in [-0.3, -0.25) is 4.68 Å². The van der Waals surface area contributed by atoms with Gasteiger partial charge in [-0.05, 0) is 23.6 Å². The van der Waals surface area contributed by atoms with Crippen LogP contribution >= 0.6 is 0 Å². The van der Waals surface area contributed by atoms with Crippen LogP contribution in [0.15, 0.2) is 36.5 Å². The average Bonchev–Trinajstić information content (AvgIpc) is 2.74. The lowest BCUT2D eigenvalue weighted by atomic mass is 9.98. The van der Waals surface area contributed by atoms with Crippen molar-refractivity contribution in [1.29, 1.82) is 0 Å². The van der Waals surface area contributed by atoms with Gasteiger partial charge in [0.1, 0.15) is 0 Å². The van der Waals surface area contributed by atoms with Gasteiger partial charge in [0, 0.05) is 19.7 Å². The van der Waals surface area contributed by atoms with E-state index in [0.29, 0.717) is 6.42 Å². The Balaban J connectivity index is 2.16. The number of aliphatic hydroxyl groups excluding tert-OH is 1. The molecule has 0 spiro atoms. The van der Waals surface area contributed by atoms with E-state index in [1.165, 1.54) is 5.56 Å². The Morgan fingerprint density at radius 2 is 2.06 bits per heavy atom. The van der Waals surface area contributed by atoms with E-state index in [0.717, 1.165) is 17.7 Å². The van der Waals surface area contributed by atoms with Crippen LogP contribution in [0, 0.1) is 0 Å². The predicted octanol–water partition coefficient (Wildman–Crippen LogP) is 2.26. The molecule has 0 fully saturated rings. The average molecular weight is 230 g/mol. The van der Waals surface area contributed by atoms with Crippen molar-refractivity contribution in [2.75, 3.05) is 0 Å². The van der Waals surface area contributed by atoms with E-state index < -0.39 is 6.10 Å². The third kappa shape index (κ3) is 2.74. The molecule has 0 aliphatic carbocycles. The summed E-state index contributed by atoms with van der Waals surface area (Å²) >= 11 is 0. The summed E-state index contributed by atoms with van der Waals surface area (Å²) in [5.74, 6) is 0. The number of aliphatic hydroxyl groups is 1. The van der Waals surface area contributed by atoms with E-state index in [4.69, 9.17) is 0 Å². The van der Waals surface area contributed by atoms with Crippen LogP contribution in [0.1, 0.15) is 29.8 Å². The van der Waals surface area contributed by atoms with Crippen LogP contribution in [0.25, 0.3) is 0 Å². The summed E-state index contributed by atoms with van der Waals surface area (Å²) in [6, 6.07) is 9.98. The molecule has 1 aromatic heterocycles. The fourth-order valence-electron chi connectivity index (χ4n) is 2.06. The lowest BCUT2D eigenvalue weighted by molar-refractivity contribution is 0.176. The monoisotopic (exact) mass is 230 g/mol. The number of aromatic nitrogens is 2. The van der Waals surface area contributed by atoms with Crippen molar-refractivity contribution in [2.24, 2.45) is 7.05 Å². The minimum Gasteiger partial charge on any atom is -0.388 e. The van der Waals surface area contributed by atoms with Gasteiger partial charge in [0.25, 0.3) is 0 Å². The smallest absolute Gasteiger partial charge is 0.0848 e. The van der Waals surface area contributed by atoms with E-state index in [1.54, 1.807) is 4.68 Å². The van der Waals surface area contributed by atoms with Crippen molar-refractivity contribution in [3.63, 3.8) is 0 Å². The first-order chi connectivity index (χ1) is 8.20. The van der Waals surface area contributed by atoms with Gasteiger partial charge in [0.05, 0.1) is 11.8 Å². The van der Waals surface area contributed by atoms with Gasteiger partial charge in [0.2, 0.25) is 0 Å². The second-order valence-electron chi connectivity index (χ2n) is 4.25. The number of nitrogens with zero attached hydrogens (tertiary/aromatic N) is 2. The molecule has 1 N–H and O–H groups in total. The molecule has 3 heteroatoms. The lowest BCUT2D eigenvalue weighted by Gasteiger charge is -2.13. The first-order valence-electron chi connectivity index (χ1n) is 5.95. The molecule has 90 valence electrons. The molecule has 1 aromatic carbocycles.